The average Bonchev–Trinajstić information content (AvgIpc) is 2.64. The molecular formula is C17H18N4O4. The van der Waals surface area contributed by atoms with E-state index >= 15 is 0 Å². The second kappa shape index (κ2) is 8.44. The molecule has 0 atom stereocenters. The summed E-state index contributed by atoms with van der Waals surface area (Å²) in [6.07, 6.45) is 0. The monoisotopic (exact) mass is 342 g/mol. The lowest BCUT2D eigenvalue weighted by molar-refractivity contribution is -0.384. The Morgan fingerprint density at radius 2 is 1.80 bits per heavy atom. The van der Waals surface area contributed by atoms with Crippen molar-refractivity contribution in [2.45, 2.75) is 6.92 Å². The van der Waals surface area contributed by atoms with Crippen molar-refractivity contribution < 1.29 is 14.5 Å². The predicted molar refractivity (Wildman–Crippen MR) is 94.9 cm³/mol. The summed E-state index contributed by atoms with van der Waals surface area (Å²) >= 11 is 0. The maximum Gasteiger partial charge on any atom is 0.269 e. The quantitative estimate of drug-likeness (QED) is 0.457. The van der Waals surface area contributed by atoms with Crippen molar-refractivity contribution in [3.63, 3.8) is 0 Å². The number of carbonyl (C=O) groups is 1. The topological polar surface area (TPSA) is 106 Å². The molecule has 0 unspecified atom stereocenters. The third-order valence-electron chi connectivity index (χ3n) is 3.39. The van der Waals surface area contributed by atoms with Crippen molar-refractivity contribution >= 4 is 23.0 Å². The Morgan fingerprint density at radius 3 is 2.36 bits per heavy atom. The molecule has 0 aromatic heterocycles. The molecule has 0 saturated carbocycles. The molecule has 2 aromatic carbocycles. The fourth-order valence-electron chi connectivity index (χ4n) is 1.97. The van der Waals surface area contributed by atoms with Crippen LogP contribution in [0.4, 0.5) is 11.4 Å². The Balaban J connectivity index is 1.86. The van der Waals surface area contributed by atoms with Gasteiger partial charge in [-0.1, -0.05) is 0 Å². The number of rotatable bonds is 7. The highest BCUT2D eigenvalue weighted by atomic mass is 16.6. The van der Waals surface area contributed by atoms with Crippen molar-refractivity contribution in [3.8, 4) is 5.75 Å². The van der Waals surface area contributed by atoms with Gasteiger partial charge < -0.3 is 10.1 Å². The summed E-state index contributed by atoms with van der Waals surface area (Å²) in [7, 11) is 1.58. The highest BCUT2D eigenvalue weighted by Gasteiger charge is 2.06. The first-order valence-electron chi connectivity index (χ1n) is 7.45. The molecule has 0 spiro atoms. The number of nitrogens with one attached hydrogen (secondary N) is 2. The van der Waals surface area contributed by atoms with E-state index in [0.717, 1.165) is 11.4 Å². The lowest BCUT2D eigenvalue weighted by atomic mass is 10.1. The number of hydrogen-bond acceptors (Lipinski definition) is 6. The molecule has 0 aliphatic rings. The van der Waals surface area contributed by atoms with Gasteiger partial charge >= 0.3 is 0 Å². The highest BCUT2D eigenvalue weighted by Crippen LogP contribution is 2.14. The molecule has 8 nitrogen and oxygen atoms in total. The van der Waals surface area contributed by atoms with E-state index in [-0.39, 0.29) is 18.1 Å². The molecule has 0 fully saturated rings. The number of amides is 1. The molecule has 8 heteroatoms. The van der Waals surface area contributed by atoms with Crippen LogP contribution in [0.2, 0.25) is 0 Å². The molecule has 25 heavy (non-hydrogen) atoms. The number of nitrogens with zero attached hydrogens (tertiary/aromatic N) is 2. The van der Waals surface area contributed by atoms with E-state index in [0.29, 0.717) is 11.3 Å². The van der Waals surface area contributed by atoms with E-state index in [2.05, 4.69) is 15.8 Å². The minimum absolute atomic E-state index is 0.00396. The van der Waals surface area contributed by atoms with Gasteiger partial charge in [-0.2, -0.15) is 5.10 Å². The zero-order valence-electron chi connectivity index (χ0n) is 13.9. The Kier molecular flexibility index (Phi) is 6.05. The summed E-state index contributed by atoms with van der Waals surface area (Å²) in [5, 5.41) is 17.6. The summed E-state index contributed by atoms with van der Waals surface area (Å²) in [6.45, 7) is 1.77. The van der Waals surface area contributed by atoms with Gasteiger partial charge in [0.25, 0.3) is 11.6 Å². The Hall–Kier alpha value is -3.42. The van der Waals surface area contributed by atoms with Gasteiger partial charge in [-0.25, -0.2) is 5.43 Å². The predicted octanol–water partition coefficient (Wildman–Crippen LogP) is 2.56. The number of non-ortho nitro benzene ring substituents is 1. The Morgan fingerprint density at radius 1 is 1.16 bits per heavy atom. The number of hydrogen-bond donors (Lipinski definition) is 2. The minimum atomic E-state index is -0.469. The molecule has 2 aromatic rings. The van der Waals surface area contributed by atoms with Crippen LogP contribution in [0.25, 0.3) is 0 Å². The van der Waals surface area contributed by atoms with E-state index in [1.54, 1.807) is 50.4 Å². The van der Waals surface area contributed by atoms with E-state index < -0.39 is 4.92 Å². The molecule has 0 bridgehead atoms. The highest BCUT2D eigenvalue weighted by molar-refractivity contribution is 5.99. The molecule has 2 N–H and O–H groups in total. The zero-order valence-corrected chi connectivity index (χ0v) is 13.9. The summed E-state index contributed by atoms with van der Waals surface area (Å²) in [5.74, 6) is 0.426. The summed E-state index contributed by atoms with van der Waals surface area (Å²) < 4.78 is 5.06. The summed E-state index contributed by atoms with van der Waals surface area (Å²) in [4.78, 5) is 22.0. The van der Waals surface area contributed by atoms with Gasteiger partial charge in [0.05, 0.1) is 24.3 Å². The lowest BCUT2D eigenvalue weighted by Gasteiger charge is -2.07. The van der Waals surface area contributed by atoms with E-state index in [1.165, 1.54) is 12.1 Å². The van der Waals surface area contributed by atoms with Crippen molar-refractivity contribution in [3.05, 3.63) is 64.2 Å². The average molecular weight is 342 g/mol. The molecule has 2 rings (SSSR count). The van der Waals surface area contributed by atoms with Crippen LogP contribution in [0, 0.1) is 10.1 Å². The maximum absolute atomic E-state index is 11.8. The van der Waals surface area contributed by atoms with Crippen molar-refractivity contribution in [2.24, 2.45) is 5.10 Å². The van der Waals surface area contributed by atoms with E-state index in [9.17, 15) is 14.9 Å². The van der Waals surface area contributed by atoms with Crippen LogP contribution in [0.3, 0.4) is 0 Å². The fourth-order valence-corrected chi connectivity index (χ4v) is 1.97. The van der Waals surface area contributed by atoms with Crippen LogP contribution < -0.4 is 15.5 Å². The van der Waals surface area contributed by atoms with Gasteiger partial charge in [0.2, 0.25) is 0 Å². The third kappa shape index (κ3) is 5.31. The van der Waals surface area contributed by atoms with Crippen molar-refractivity contribution in [1.82, 2.24) is 5.43 Å². The van der Waals surface area contributed by atoms with Gasteiger partial charge in [-0.15, -0.1) is 0 Å². The van der Waals surface area contributed by atoms with Crippen LogP contribution in [0.15, 0.2) is 53.6 Å². The largest absolute Gasteiger partial charge is 0.497 e. The molecule has 0 saturated heterocycles. The normalized spacial score (nSPS) is 10.9. The Labute approximate surface area is 144 Å². The van der Waals surface area contributed by atoms with E-state index in [4.69, 9.17) is 4.74 Å². The van der Waals surface area contributed by atoms with Gasteiger partial charge in [0.1, 0.15) is 5.75 Å². The number of anilines is 1. The van der Waals surface area contributed by atoms with Crippen LogP contribution in [-0.2, 0) is 4.79 Å². The molecule has 0 heterocycles. The first-order valence-corrected chi connectivity index (χ1v) is 7.45. The zero-order chi connectivity index (χ0) is 18.2. The first kappa shape index (κ1) is 17.9. The number of nitro benzene ring substituents is 1. The molecule has 1 amide bonds. The molecule has 0 radical (unpaired) electrons. The van der Waals surface area contributed by atoms with Gasteiger partial charge in [0.15, 0.2) is 0 Å². The molecule has 0 aliphatic carbocycles. The molecular weight excluding hydrogens is 324 g/mol. The number of carbonyl (C=O) groups excluding carboxylic acids is 1. The standard InChI is InChI=1S/C17H18N4O4/c1-12(13-3-7-15(8-4-13)21(23)24)19-20-17(22)11-18-14-5-9-16(25-2)10-6-14/h3-10,18H,11H2,1-2H3,(H,20,22)/b19-12+. The second-order valence-corrected chi connectivity index (χ2v) is 5.12. The van der Waals surface area contributed by atoms with Crippen LogP contribution in [-0.4, -0.2) is 30.2 Å². The minimum Gasteiger partial charge on any atom is -0.497 e. The van der Waals surface area contributed by atoms with Crippen LogP contribution in [0.5, 0.6) is 5.75 Å². The van der Waals surface area contributed by atoms with Crippen molar-refractivity contribution in [2.75, 3.05) is 19.0 Å². The SMILES string of the molecule is COc1ccc(NCC(=O)N/N=C(\C)c2ccc([N+](=O)[O-])cc2)cc1. The number of methoxy groups -OCH3 is 1. The van der Waals surface area contributed by atoms with E-state index in [1.807, 2.05) is 0 Å². The number of nitro groups is 1. The smallest absolute Gasteiger partial charge is 0.269 e. The maximum atomic E-state index is 11.8. The fraction of sp³-hybridized carbons (Fsp3) is 0.176. The van der Waals surface area contributed by atoms with Crippen LogP contribution >= 0.6 is 0 Å². The third-order valence-corrected chi connectivity index (χ3v) is 3.39. The molecule has 0 aliphatic heterocycles. The first-order chi connectivity index (χ1) is 12.0. The van der Waals surface area contributed by atoms with Crippen molar-refractivity contribution in [1.29, 1.82) is 0 Å². The molecule has 130 valence electrons. The van der Waals surface area contributed by atoms with Crippen LogP contribution in [0.1, 0.15) is 12.5 Å². The van der Waals surface area contributed by atoms with Gasteiger partial charge in [0, 0.05) is 17.8 Å². The number of ether oxygens (including phenoxy) is 1. The number of benzene rings is 2. The summed E-state index contributed by atoms with van der Waals surface area (Å²) in [5.41, 5.74) is 4.46. The second-order valence-electron chi connectivity index (χ2n) is 5.12. The van der Waals surface area contributed by atoms with Gasteiger partial charge in [-0.3, -0.25) is 14.9 Å². The van der Waals surface area contributed by atoms with Gasteiger partial charge in [-0.05, 0) is 48.9 Å². The number of hydrazone groups is 1. The Bertz CT molecular complexity index is 770. The summed E-state index contributed by atoms with van der Waals surface area (Å²) in [6, 6.07) is 13.1. The lowest BCUT2D eigenvalue weighted by Crippen LogP contribution is -2.26.